The van der Waals surface area contributed by atoms with Crippen LogP contribution in [0.2, 0.25) is 0 Å². The molecule has 4 aromatic rings. The van der Waals surface area contributed by atoms with Crippen LogP contribution in [-0.4, -0.2) is 32.8 Å². The van der Waals surface area contributed by atoms with Crippen LogP contribution in [0.4, 0.5) is 0 Å². The highest BCUT2D eigenvalue weighted by atomic mass is 32.1. The van der Waals surface area contributed by atoms with Gasteiger partial charge in [0, 0.05) is 12.5 Å². The van der Waals surface area contributed by atoms with Gasteiger partial charge in [-0.25, -0.2) is 9.97 Å². The molecule has 7 heteroatoms. The van der Waals surface area contributed by atoms with Crippen LogP contribution in [0.25, 0.3) is 10.2 Å². The average Bonchev–Trinajstić information content (AvgIpc) is 3.43. The number of hydrogen-bond donors (Lipinski definition) is 2. The first-order valence-corrected chi connectivity index (χ1v) is 12.3. The van der Waals surface area contributed by atoms with E-state index in [-0.39, 0.29) is 0 Å². The highest BCUT2D eigenvalue weighted by Crippen LogP contribution is 2.35. The highest BCUT2D eigenvalue weighted by molar-refractivity contribution is 7.20. The van der Waals surface area contributed by atoms with Crippen LogP contribution in [-0.2, 0) is 12.8 Å². The second kappa shape index (κ2) is 9.79. The SMILES string of the molecule is Cc1nc(CCCNC(CCc2ccc(Oc3nc4ccccc4s3)cc2)C2CC2)n[nH]1. The Morgan fingerprint density at radius 3 is 2.69 bits per heavy atom. The first-order chi connectivity index (χ1) is 15.7. The number of H-pyrrole nitrogens is 1. The third kappa shape index (κ3) is 5.53. The summed E-state index contributed by atoms with van der Waals surface area (Å²) in [5.41, 5.74) is 2.34. The van der Waals surface area contributed by atoms with Gasteiger partial charge < -0.3 is 10.1 Å². The van der Waals surface area contributed by atoms with E-state index in [1.54, 1.807) is 11.3 Å². The van der Waals surface area contributed by atoms with Gasteiger partial charge in [0.1, 0.15) is 11.6 Å². The molecule has 1 saturated carbocycles. The summed E-state index contributed by atoms with van der Waals surface area (Å²) in [5.74, 6) is 3.48. The van der Waals surface area contributed by atoms with E-state index in [9.17, 15) is 0 Å². The number of aryl methyl sites for hydroxylation is 3. The Bertz CT molecular complexity index is 1120. The number of benzene rings is 2. The second-order valence-corrected chi connectivity index (χ2v) is 9.56. The minimum atomic E-state index is 0.600. The molecule has 0 bridgehead atoms. The summed E-state index contributed by atoms with van der Waals surface area (Å²) in [7, 11) is 0. The lowest BCUT2D eigenvalue weighted by molar-refractivity contribution is 0.431. The quantitative estimate of drug-likeness (QED) is 0.299. The summed E-state index contributed by atoms with van der Waals surface area (Å²) < 4.78 is 7.12. The van der Waals surface area contributed by atoms with E-state index in [1.165, 1.54) is 24.8 Å². The Morgan fingerprint density at radius 1 is 1.09 bits per heavy atom. The molecule has 166 valence electrons. The predicted octanol–water partition coefficient (Wildman–Crippen LogP) is 5.45. The number of para-hydroxylation sites is 1. The molecule has 1 aliphatic carbocycles. The molecular formula is C25H29N5OS. The molecule has 2 aromatic carbocycles. The smallest absolute Gasteiger partial charge is 0.279 e. The number of nitrogens with zero attached hydrogens (tertiary/aromatic N) is 3. The maximum absolute atomic E-state index is 5.98. The van der Waals surface area contributed by atoms with Gasteiger partial charge in [-0.3, -0.25) is 5.10 Å². The minimum Gasteiger partial charge on any atom is -0.431 e. The lowest BCUT2D eigenvalue weighted by atomic mass is 10.0. The molecule has 1 aliphatic rings. The van der Waals surface area contributed by atoms with Crippen molar-refractivity contribution in [2.24, 2.45) is 5.92 Å². The van der Waals surface area contributed by atoms with Crippen LogP contribution in [0.5, 0.6) is 10.9 Å². The van der Waals surface area contributed by atoms with Crippen LogP contribution < -0.4 is 10.1 Å². The Labute approximate surface area is 192 Å². The van der Waals surface area contributed by atoms with Crippen molar-refractivity contribution in [1.82, 2.24) is 25.5 Å². The fraction of sp³-hybridized carbons (Fsp3) is 0.400. The van der Waals surface area contributed by atoms with E-state index in [4.69, 9.17) is 4.74 Å². The zero-order chi connectivity index (χ0) is 21.8. The first-order valence-electron chi connectivity index (χ1n) is 11.5. The minimum absolute atomic E-state index is 0.600. The first kappa shape index (κ1) is 21.1. The van der Waals surface area contributed by atoms with Gasteiger partial charge in [0.05, 0.1) is 10.2 Å². The lowest BCUT2D eigenvalue weighted by Gasteiger charge is -2.18. The van der Waals surface area contributed by atoms with Crippen LogP contribution in [0.1, 0.15) is 42.9 Å². The lowest BCUT2D eigenvalue weighted by Crippen LogP contribution is -2.32. The molecule has 2 aromatic heterocycles. The van der Waals surface area contributed by atoms with Gasteiger partial charge >= 0.3 is 0 Å². The molecule has 0 aliphatic heterocycles. The van der Waals surface area contributed by atoms with Crippen molar-refractivity contribution < 1.29 is 4.74 Å². The Kier molecular flexibility index (Phi) is 6.46. The highest BCUT2D eigenvalue weighted by Gasteiger charge is 2.30. The van der Waals surface area contributed by atoms with Crippen molar-refractivity contribution in [3.8, 4) is 10.9 Å². The van der Waals surface area contributed by atoms with Crippen molar-refractivity contribution >= 4 is 21.6 Å². The van der Waals surface area contributed by atoms with Gasteiger partial charge in [-0.05, 0) is 81.3 Å². The summed E-state index contributed by atoms with van der Waals surface area (Å²) in [5, 5.41) is 11.6. The third-order valence-electron chi connectivity index (χ3n) is 5.97. The van der Waals surface area contributed by atoms with Gasteiger partial charge in [-0.1, -0.05) is 35.6 Å². The molecule has 0 saturated heterocycles. The maximum Gasteiger partial charge on any atom is 0.279 e. The predicted molar refractivity (Wildman–Crippen MR) is 128 cm³/mol. The van der Waals surface area contributed by atoms with Crippen LogP contribution in [0.3, 0.4) is 0 Å². The van der Waals surface area contributed by atoms with E-state index < -0.39 is 0 Å². The number of aromatic nitrogens is 4. The van der Waals surface area contributed by atoms with Crippen molar-refractivity contribution in [3.63, 3.8) is 0 Å². The molecule has 32 heavy (non-hydrogen) atoms. The zero-order valence-corrected chi connectivity index (χ0v) is 19.2. The number of ether oxygens (including phenoxy) is 1. The van der Waals surface area contributed by atoms with Crippen molar-refractivity contribution in [3.05, 3.63) is 65.7 Å². The van der Waals surface area contributed by atoms with Crippen LogP contribution >= 0.6 is 11.3 Å². The number of aromatic amines is 1. The van der Waals surface area contributed by atoms with E-state index in [2.05, 4.69) is 55.8 Å². The molecule has 2 heterocycles. The fourth-order valence-corrected chi connectivity index (χ4v) is 4.91. The number of fused-ring (bicyclic) bond motifs is 1. The van der Waals surface area contributed by atoms with Crippen LogP contribution in [0, 0.1) is 12.8 Å². The molecule has 5 rings (SSSR count). The topological polar surface area (TPSA) is 75.7 Å². The molecule has 1 atom stereocenters. The largest absolute Gasteiger partial charge is 0.431 e. The molecule has 6 nitrogen and oxygen atoms in total. The third-order valence-corrected chi connectivity index (χ3v) is 6.88. The Hall–Kier alpha value is -2.77. The van der Waals surface area contributed by atoms with E-state index >= 15 is 0 Å². The van der Waals surface area contributed by atoms with Gasteiger partial charge in [-0.15, -0.1) is 0 Å². The van der Waals surface area contributed by atoms with Gasteiger partial charge in [0.25, 0.3) is 5.19 Å². The Balaban J connectivity index is 1.09. The van der Waals surface area contributed by atoms with Crippen LogP contribution in [0.15, 0.2) is 48.5 Å². The monoisotopic (exact) mass is 447 g/mol. The normalized spacial score (nSPS) is 14.7. The molecule has 0 radical (unpaired) electrons. The van der Waals surface area contributed by atoms with E-state index in [1.807, 2.05) is 25.1 Å². The van der Waals surface area contributed by atoms with Crippen molar-refractivity contribution in [2.75, 3.05) is 6.54 Å². The number of rotatable bonds is 11. The number of hydrogen-bond acceptors (Lipinski definition) is 6. The van der Waals surface area contributed by atoms with Gasteiger partial charge in [-0.2, -0.15) is 5.10 Å². The summed E-state index contributed by atoms with van der Waals surface area (Å²) in [4.78, 5) is 8.94. The molecule has 0 amide bonds. The van der Waals surface area contributed by atoms with Crippen molar-refractivity contribution in [2.45, 2.75) is 51.5 Å². The maximum atomic E-state index is 5.98. The average molecular weight is 448 g/mol. The molecule has 1 fully saturated rings. The number of thiazole rings is 1. The zero-order valence-electron chi connectivity index (χ0n) is 18.4. The summed E-state index contributed by atoms with van der Waals surface area (Å²) in [6.45, 7) is 2.96. The van der Waals surface area contributed by atoms with E-state index in [0.29, 0.717) is 11.2 Å². The molecule has 2 N–H and O–H groups in total. The van der Waals surface area contributed by atoms with E-state index in [0.717, 1.165) is 59.3 Å². The standard InChI is InChI=1S/C25H29N5OS/c1-17-27-24(30-29-17)7-4-16-26-21(19-11-12-19)15-10-18-8-13-20(14-9-18)31-25-28-22-5-2-3-6-23(22)32-25/h2-3,5-6,8-9,13-14,19,21,26H,4,7,10-12,15-16H2,1H3,(H,27,29,30). The summed E-state index contributed by atoms with van der Waals surface area (Å²) >= 11 is 1.58. The second-order valence-electron chi connectivity index (χ2n) is 8.57. The number of nitrogens with one attached hydrogen (secondary N) is 2. The molecular weight excluding hydrogens is 418 g/mol. The Morgan fingerprint density at radius 2 is 1.94 bits per heavy atom. The van der Waals surface area contributed by atoms with Crippen molar-refractivity contribution in [1.29, 1.82) is 0 Å². The summed E-state index contributed by atoms with van der Waals surface area (Å²) in [6, 6.07) is 17.2. The van der Waals surface area contributed by atoms with Gasteiger partial charge in [0.2, 0.25) is 0 Å². The molecule has 1 unspecified atom stereocenters. The molecule has 0 spiro atoms. The van der Waals surface area contributed by atoms with Gasteiger partial charge in [0.15, 0.2) is 5.82 Å². The fourth-order valence-electron chi connectivity index (χ4n) is 4.08. The summed E-state index contributed by atoms with van der Waals surface area (Å²) in [6.07, 6.45) is 6.95.